The molecule has 0 aliphatic carbocycles. The Labute approximate surface area is 114 Å². The van der Waals surface area contributed by atoms with E-state index in [1.54, 1.807) is 19.2 Å². The van der Waals surface area contributed by atoms with Crippen LogP contribution in [0, 0.1) is 5.92 Å². The van der Waals surface area contributed by atoms with Gasteiger partial charge in [0.2, 0.25) is 0 Å². The van der Waals surface area contributed by atoms with E-state index >= 15 is 0 Å². The lowest BCUT2D eigenvalue weighted by Crippen LogP contribution is -2.33. The molecule has 1 aromatic rings. The van der Waals surface area contributed by atoms with E-state index in [0.717, 1.165) is 5.75 Å². The number of nitrogens with one attached hydrogen (secondary N) is 1. The van der Waals surface area contributed by atoms with E-state index in [-0.39, 0.29) is 12.6 Å². The van der Waals surface area contributed by atoms with Crippen LogP contribution >= 0.6 is 0 Å². The number of benzene rings is 1. The van der Waals surface area contributed by atoms with Crippen LogP contribution in [0.15, 0.2) is 24.3 Å². The lowest BCUT2D eigenvalue weighted by molar-refractivity contribution is 0.202. The van der Waals surface area contributed by atoms with Crippen molar-refractivity contribution in [3.05, 3.63) is 24.3 Å². The van der Waals surface area contributed by atoms with E-state index < -0.39 is 0 Å². The lowest BCUT2D eigenvalue weighted by Gasteiger charge is -2.17. The molecule has 5 heteroatoms. The Kier molecular flexibility index (Phi) is 6.15. The number of amides is 2. The number of likely N-dealkylation sites (N-methyl/N-ethyl adjacent to an activating group) is 1. The summed E-state index contributed by atoms with van der Waals surface area (Å²) >= 11 is 0. The number of hydrogen-bond donors (Lipinski definition) is 2. The number of carbonyl (C=O) groups is 1. The molecular weight excluding hydrogens is 244 g/mol. The van der Waals surface area contributed by atoms with Crippen molar-refractivity contribution in [2.75, 3.05) is 32.1 Å². The molecule has 1 aromatic carbocycles. The molecular formula is C14H22N2O3. The summed E-state index contributed by atoms with van der Waals surface area (Å²) in [6, 6.07) is 7.02. The molecule has 5 nitrogen and oxygen atoms in total. The Bertz CT molecular complexity index is 407. The van der Waals surface area contributed by atoms with Crippen LogP contribution < -0.4 is 10.1 Å². The Morgan fingerprint density at radius 2 is 2.21 bits per heavy atom. The third-order valence-corrected chi connectivity index (χ3v) is 2.45. The largest absolute Gasteiger partial charge is 0.493 e. The highest BCUT2D eigenvalue weighted by Crippen LogP contribution is 2.18. The molecule has 0 aromatic heterocycles. The van der Waals surface area contributed by atoms with Gasteiger partial charge in [0.25, 0.3) is 0 Å². The van der Waals surface area contributed by atoms with Gasteiger partial charge in [-0.15, -0.1) is 0 Å². The zero-order valence-electron chi connectivity index (χ0n) is 11.7. The maximum Gasteiger partial charge on any atom is 0.321 e. The molecule has 2 amide bonds. The first-order chi connectivity index (χ1) is 9.02. The van der Waals surface area contributed by atoms with Crippen LogP contribution in [-0.2, 0) is 0 Å². The highest BCUT2D eigenvalue weighted by atomic mass is 16.5. The minimum atomic E-state index is -0.255. The molecule has 1 rings (SSSR count). The Hall–Kier alpha value is -1.75. The van der Waals surface area contributed by atoms with E-state index in [0.29, 0.717) is 24.8 Å². The average Bonchev–Trinajstić information content (AvgIpc) is 2.37. The number of nitrogens with zero attached hydrogens (tertiary/aromatic N) is 1. The van der Waals surface area contributed by atoms with Crippen LogP contribution in [0.5, 0.6) is 5.75 Å². The van der Waals surface area contributed by atoms with Gasteiger partial charge < -0.3 is 20.1 Å². The summed E-state index contributed by atoms with van der Waals surface area (Å²) in [6.45, 7) is 5.05. The first kappa shape index (κ1) is 15.3. The molecule has 0 saturated heterocycles. The molecule has 0 radical (unpaired) electrons. The van der Waals surface area contributed by atoms with Crippen molar-refractivity contribution in [2.24, 2.45) is 5.92 Å². The molecule has 0 bridgehead atoms. The summed E-state index contributed by atoms with van der Waals surface area (Å²) < 4.78 is 5.59. The molecule has 0 fully saturated rings. The van der Waals surface area contributed by atoms with E-state index in [2.05, 4.69) is 19.2 Å². The van der Waals surface area contributed by atoms with Crippen LogP contribution in [0.25, 0.3) is 0 Å². The molecule has 19 heavy (non-hydrogen) atoms. The van der Waals surface area contributed by atoms with Gasteiger partial charge in [-0.2, -0.15) is 0 Å². The van der Waals surface area contributed by atoms with Gasteiger partial charge in [0.15, 0.2) is 0 Å². The third kappa shape index (κ3) is 5.61. The predicted molar refractivity (Wildman–Crippen MR) is 75.5 cm³/mol. The zero-order valence-corrected chi connectivity index (χ0v) is 11.7. The Balaban J connectivity index is 2.59. The molecule has 0 aliphatic heterocycles. The van der Waals surface area contributed by atoms with Crippen LogP contribution in [0.4, 0.5) is 10.5 Å². The van der Waals surface area contributed by atoms with E-state index in [1.807, 2.05) is 12.1 Å². The first-order valence-corrected chi connectivity index (χ1v) is 6.38. The standard InChI is InChI=1S/C14H22N2O3/c1-11(2)10-19-13-6-4-5-12(9-13)15-14(18)16(3)7-8-17/h4-6,9,11,17H,7-8,10H2,1-3H3,(H,15,18). The molecule has 2 N–H and O–H groups in total. The number of urea groups is 1. The van der Waals surface area contributed by atoms with Crippen LogP contribution in [0.3, 0.4) is 0 Å². The molecule has 0 saturated carbocycles. The second-order valence-electron chi connectivity index (χ2n) is 4.81. The normalized spacial score (nSPS) is 10.4. The van der Waals surface area contributed by atoms with Crippen molar-refractivity contribution in [3.63, 3.8) is 0 Å². The molecule has 0 spiro atoms. The number of rotatable bonds is 6. The first-order valence-electron chi connectivity index (χ1n) is 6.38. The lowest BCUT2D eigenvalue weighted by atomic mass is 10.2. The van der Waals surface area contributed by atoms with Gasteiger partial charge in [-0.05, 0) is 18.1 Å². The van der Waals surface area contributed by atoms with Crippen LogP contribution in [-0.4, -0.2) is 42.8 Å². The van der Waals surface area contributed by atoms with Crippen LogP contribution in [0.2, 0.25) is 0 Å². The second kappa shape index (κ2) is 7.63. The number of anilines is 1. The smallest absolute Gasteiger partial charge is 0.321 e. The van der Waals surface area contributed by atoms with Gasteiger partial charge in [-0.1, -0.05) is 19.9 Å². The highest BCUT2D eigenvalue weighted by molar-refractivity contribution is 5.89. The van der Waals surface area contributed by atoms with E-state index in [1.165, 1.54) is 4.90 Å². The molecule has 0 heterocycles. The SMILES string of the molecule is CC(C)COc1cccc(NC(=O)N(C)CCO)c1. The quantitative estimate of drug-likeness (QED) is 0.829. The van der Waals surface area contributed by atoms with Crippen molar-refractivity contribution in [2.45, 2.75) is 13.8 Å². The van der Waals surface area contributed by atoms with Gasteiger partial charge in [-0.25, -0.2) is 4.79 Å². The minimum Gasteiger partial charge on any atom is -0.493 e. The van der Waals surface area contributed by atoms with E-state index in [9.17, 15) is 4.79 Å². The summed E-state index contributed by atoms with van der Waals surface area (Å²) in [4.78, 5) is 13.2. The van der Waals surface area contributed by atoms with Crippen molar-refractivity contribution in [1.29, 1.82) is 0 Å². The summed E-state index contributed by atoms with van der Waals surface area (Å²) in [5, 5.41) is 11.5. The fraction of sp³-hybridized carbons (Fsp3) is 0.500. The molecule has 106 valence electrons. The van der Waals surface area contributed by atoms with E-state index in [4.69, 9.17) is 9.84 Å². The fourth-order valence-electron chi connectivity index (χ4n) is 1.40. The highest BCUT2D eigenvalue weighted by Gasteiger charge is 2.08. The number of aliphatic hydroxyl groups excluding tert-OH is 1. The van der Waals surface area contributed by atoms with Gasteiger partial charge in [0.05, 0.1) is 13.2 Å². The maximum absolute atomic E-state index is 11.7. The van der Waals surface area contributed by atoms with Gasteiger partial charge in [0, 0.05) is 25.3 Å². The van der Waals surface area contributed by atoms with Gasteiger partial charge >= 0.3 is 6.03 Å². The van der Waals surface area contributed by atoms with Gasteiger partial charge in [-0.3, -0.25) is 0 Å². The molecule has 0 atom stereocenters. The second-order valence-corrected chi connectivity index (χ2v) is 4.81. The topological polar surface area (TPSA) is 61.8 Å². The van der Waals surface area contributed by atoms with Crippen LogP contribution in [0.1, 0.15) is 13.8 Å². The monoisotopic (exact) mass is 266 g/mol. The summed E-state index contributed by atoms with van der Waals surface area (Å²) in [5.74, 6) is 1.19. The van der Waals surface area contributed by atoms with Crippen molar-refractivity contribution in [1.82, 2.24) is 4.90 Å². The van der Waals surface area contributed by atoms with Crippen molar-refractivity contribution < 1.29 is 14.6 Å². The number of ether oxygens (including phenoxy) is 1. The summed E-state index contributed by atoms with van der Waals surface area (Å²) in [7, 11) is 1.63. The van der Waals surface area contributed by atoms with Crippen molar-refractivity contribution in [3.8, 4) is 5.75 Å². The maximum atomic E-state index is 11.7. The minimum absolute atomic E-state index is 0.0541. The Morgan fingerprint density at radius 3 is 2.84 bits per heavy atom. The zero-order chi connectivity index (χ0) is 14.3. The third-order valence-electron chi connectivity index (χ3n) is 2.45. The molecule has 0 aliphatic rings. The molecule has 0 unspecified atom stereocenters. The number of hydrogen-bond acceptors (Lipinski definition) is 3. The number of aliphatic hydroxyl groups is 1. The average molecular weight is 266 g/mol. The predicted octanol–water partition coefficient (Wildman–Crippen LogP) is 2.18. The van der Waals surface area contributed by atoms with Crippen molar-refractivity contribution >= 4 is 11.7 Å². The Morgan fingerprint density at radius 1 is 1.47 bits per heavy atom. The fourth-order valence-corrected chi connectivity index (χ4v) is 1.40. The summed E-state index contributed by atoms with van der Waals surface area (Å²) in [6.07, 6.45) is 0. The van der Waals surface area contributed by atoms with Gasteiger partial charge in [0.1, 0.15) is 5.75 Å². The summed E-state index contributed by atoms with van der Waals surface area (Å²) in [5.41, 5.74) is 0.677. The number of carbonyl (C=O) groups excluding carboxylic acids is 1.